The van der Waals surface area contributed by atoms with E-state index < -0.39 is 19.4 Å². The Morgan fingerprint density at radius 1 is 1.03 bits per heavy atom. The molecule has 5 rings (SSSR count). The molecule has 0 spiro atoms. The third-order valence-electron chi connectivity index (χ3n) is 5.72. The molecule has 0 saturated heterocycles. The van der Waals surface area contributed by atoms with Crippen molar-refractivity contribution in [1.82, 2.24) is 14.5 Å². The van der Waals surface area contributed by atoms with Gasteiger partial charge in [-0.1, -0.05) is 18.7 Å². The van der Waals surface area contributed by atoms with Crippen molar-refractivity contribution in [2.24, 2.45) is 7.05 Å². The molecule has 190 valence electrons. The maximum Gasteiger partial charge on any atom is 0.422 e. The standard InChI is InChI=1S/C26H19F5N4O2/c1-15-23(16-3-7-19(8-4-16)37-25(27)28)24-17(5-10-22(33-24)36-13-26(29,30)31)12-35(15)18-6-9-20-21(11-18)34(2)14-32-20/h3-12,14,25H,1,13H2,2H3. The molecule has 0 fully saturated rings. The van der Waals surface area contributed by atoms with E-state index in [1.807, 2.05) is 34.7 Å². The molecule has 4 aromatic rings. The lowest BCUT2D eigenvalue weighted by Gasteiger charge is -2.28. The summed E-state index contributed by atoms with van der Waals surface area (Å²) in [6, 6.07) is 14.5. The molecule has 6 nitrogen and oxygen atoms in total. The summed E-state index contributed by atoms with van der Waals surface area (Å²) < 4.78 is 74.6. The Morgan fingerprint density at radius 2 is 1.78 bits per heavy atom. The van der Waals surface area contributed by atoms with Crippen LogP contribution in [0.5, 0.6) is 11.6 Å². The normalized spacial score (nSPS) is 13.6. The van der Waals surface area contributed by atoms with Gasteiger partial charge in [-0.2, -0.15) is 22.0 Å². The molecule has 0 saturated carbocycles. The second kappa shape index (κ2) is 9.23. The average Bonchev–Trinajstić information content (AvgIpc) is 3.22. The maximum absolute atomic E-state index is 12.7. The van der Waals surface area contributed by atoms with E-state index >= 15 is 0 Å². The molecule has 0 amide bonds. The fourth-order valence-corrected chi connectivity index (χ4v) is 4.07. The lowest BCUT2D eigenvalue weighted by molar-refractivity contribution is -0.154. The number of benzene rings is 2. The van der Waals surface area contributed by atoms with E-state index in [0.717, 1.165) is 16.7 Å². The van der Waals surface area contributed by atoms with Gasteiger partial charge in [-0.25, -0.2) is 9.97 Å². The monoisotopic (exact) mass is 514 g/mol. The van der Waals surface area contributed by atoms with Crippen LogP contribution in [0.15, 0.2) is 73.2 Å². The summed E-state index contributed by atoms with van der Waals surface area (Å²) in [5.74, 6) is -0.251. The first-order valence-electron chi connectivity index (χ1n) is 11.0. The van der Waals surface area contributed by atoms with Crippen LogP contribution in [0.3, 0.4) is 0 Å². The Labute approximate surface area is 207 Å². The number of imidazole rings is 1. The Balaban J connectivity index is 1.65. The van der Waals surface area contributed by atoms with E-state index in [9.17, 15) is 22.0 Å². The lowest BCUT2D eigenvalue weighted by Crippen LogP contribution is -2.40. The summed E-state index contributed by atoms with van der Waals surface area (Å²) in [4.78, 5) is 10.5. The van der Waals surface area contributed by atoms with Crippen LogP contribution in [0, 0.1) is 0 Å². The Morgan fingerprint density at radius 3 is 2.49 bits per heavy atom. The largest absolute Gasteiger partial charge is 0.468 e. The number of halogens is 5. The third-order valence-corrected chi connectivity index (χ3v) is 5.72. The van der Waals surface area contributed by atoms with Gasteiger partial charge in [0.05, 0.1) is 22.7 Å². The highest BCUT2D eigenvalue weighted by Crippen LogP contribution is 2.32. The SMILES string of the molecule is C=C1C(c2ccc(OC(F)F)cc2)=c2nc(OCC(F)(F)F)ccc2=CN1c1ccc2ncn(C)c2c1. The van der Waals surface area contributed by atoms with E-state index in [-0.39, 0.29) is 11.6 Å². The zero-order valence-electron chi connectivity index (χ0n) is 19.3. The van der Waals surface area contributed by atoms with Gasteiger partial charge in [-0.05, 0) is 42.0 Å². The Bertz CT molecular complexity index is 1610. The summed E-state index contributed by atoms with van der Waals surface area (Å²) in [6.07, 6.45) is -1.05. The number of allylic oxidation sites excluding steroid dienone is 1. The fourth-order valence-electron chi connectivity index (χ4n) is 4.07. The number of alkyl halides is 5. The molecule has 0 aliphatic carbocycles. The first kappa shape index (κ1) is 24.3. The number of aromatic nitrogens is 3. The first-order valence-corrected chi connectivity index (χ1v) is 11.0. The Kier molecular flexibility index (Phi) is 6.06. The van der Waals surface area contributed by atoms with Crippen molar-refractivity contribution in [2.75, 3.05) is 11.5 Å². The predicted octanol–water partition coefficient (Wildman–Crippen LogP) is 4.48. The maximum atomic E-state index is 12.7. The molecule has 11 heteroatoms. The van der Waals surface area contributed by atoms with Gasteiger partial charge in [-0.3, -0.25) is 0 Å². The molecule has 3 heterocycles. The van der Waals surface area contributed by atoms with Gasteiger partial charge < -0.3 is 18.9 Å². The zero-order chi connectivity index (χ0) is 26.3. The number of fused-ring (bicyclic) bond motifs is 2. The minimum atomic E-state index is -4.53. The molecule has 0 unspecified atom stereocenters. The fraction of sp³-hybridized carbons (Fsp3) is 0.154. The minimum absolute atomic E-state index is 0.0405. The van der Waals surface area contributed by atoms with Crippen molar-refractivity contribution in [3.8, 4) is 11.6 Å². The number of pyridine rings is 1. The van der Waals surface area contributed by atoms with E-state index in [1.165, 1.54) is 18.2 Å². The summed E-state index contributed by atoms with van der Waals surface area (Å²) in [5.41, 5.74) is 3.96. The molecule has 1 aliphatic rings. The summed E-state index contributed by atoms with van der Waals surface area (Å²) >= 11 is 0. The molecule has 0 N–H and O–H groups in total. The second-order valence-electron chi connectivity index (χ2n) is 8.24. The molecule has 37 heavy (non-hydrogen) atoms. The van der Waals surface area contributed by atoms with Gasteiger partial charge in [0.2, 0.25) is 5.88 Å². The number of rotatable bonds is 6. The van der Waals surface area contributed by atoms with Crippen LogP contribution in [0.1, 0.15) is 5.56 Å². The van der Waals surface area contributed by atoms with Crippen molar-refractivity contribution in [2.45, 2.75) is 12.8 Å². The number of nitrogens with zero attached hydrogens (tertiary/aromatic N) is 4. The Hall–Kier alpha value is -4.41. The number of ether oxygens (including phenoxy) is 2. The highest BCUT2D eigenvalue weighted by molar-refractivity contribution is 5.90. The molecular weight excluding hydrogens is 495 g/mol. The molecule has 0 radical (unpaired) electrons. The smallest absolute Gasteiger partial charge is 0.422 e. The quantitative estimate of drug-likeness (QED) is 0.355. The van der Waals surface area contributed by atoms with Crippen molar-refractivity contribution in [1.29, 1.82) is 0 Å². The van der Waals surface area contributed by atoms with Gasteiger partial charge in [-0.15, -0.1) is 0 Å². The summed E-state index contributed by atoms with van der Waals surface area (Å²) in [6.45, 7) is -0.244. The number of aryl methyl sites for hydroxylation is 1. The van der Waals surface area contributed by atoms with Crippen molar-refractivity contribution >= 4 is 28.5 Å². The highest BCUT2D eigenvalue weighted by Gasteiger charge is 2.29. The minimum Gasteiger partial charge on any atom is -0.468 e. The summed E-state index contributed by atoms with van der Waals surface area (Å²) in [7, 11) is 1.87. The van der Waals surface area contributed by atoms with Crippen molar-refractivity contribution in [3.05, 3.63) is 89.3 Å². The van der Waals surface area contributed by atoms with Gasteiger partial charge >= 0.3 is 12.8 Å². The van der Waals surface area contributed by atoms with E-state index in [0.29, 0.717) is 27.4 Å². The van der Waals surface area contributed by atoms with Crippen LogP contribution in [-0.2, 0) is 7.05 Å². The lowest BCUT2D eigenvalue weighted by atomic mass is 9.98. The molecular formula is C26H19F5N4O2. The van der Waals surface area contributed by atoms with Crippen LogP contribution in [0.4, 0.5) is 27.6 Å². The number of anilines is 1. The first-order chi connectivity index (χ1) is 17.6. The average molecular weight is 514 g/mol. The molecule has 0 bridgehead atoms. The van der Waals surface area contributed by atoms with E-state index in [4.69, 9.17) is 4.74 Å². The van der Waals surface area contributed by atoms with Crippen LogP contribution < -0.4 is 24.9 Å². The number of hydrogen-bond donors (Lipinski definition) is 0. The number of hydrogen-bond acceptors (Lipinski definition) is 5. The topological polar surface area (TPSA) is 52.4 Å². The van der Waals surface area contributed by atoms with Gasteiger partial charge in [0.1, 0.15) is 5.75 Å². The predicted molar refractivity (Wildman–Crippen MR) is 127 cm³/mol. The van der Waals surface area contributed by atoms with Gasteiger partial charge in [0.15, 0.2) is 6.61 Å². The molecule has 0 atom stereocenters. The van der Waals surface area contributed by atoms with Crippen LogP contribution in [-0.4, -0.2) is 33.9 Å². The molecule has 1 aliphatic heterocycles. The third kappa shape index (κ3) is 4.97. The molecule has 2 aromatic carbocycles. The summed E-state index contributed by atoms with van der Waals surface area (Å²) in [5, 5.41) is 0.935. The van der Waals surface area contributed by atoms with Crippen LogP contribution in [0.25, 0.3) is 22.8 Å². The van der Waals surface area contributed by atoms with Gasteiger partial charge in [0, 0.05) is 41.5 Å². The van der Waals surface area contributed by atoms with Crippen LogP contribution >= 0.6 is 0 Å². The molecule has 2 aromatic heterocycles. The van der Waals surface area contributed by atoms with Gasteiger partial charge in [0.25, 0.3) is 0 Å². The zero-order valence-corrected chi connectivity index (χ0v) is 19.3. The highest BCUT2D eigenvalue weighted by atomic mass is 19.4. The van der Waals surface area contributed by atoms with Crippen LogP contribution in [0.2, 0.25) is 0 Å². The van der Waals surface area contributed by atoms with Crippen molar-refractivity contribution < 1.29 is 31.4 Å². The van der Waals surface area contributed by atoms with E-state index in [2.05, 4.69) is 21.3 Å². The van der Waals surface area contributed by atoms with Crippen molar-refractivity contribution in [3.63, 3.8) is 0 Å². The van der Waals surface area contributed by atoms with E-state index in [1.54, 1.807) is 30.7 Å². The second-order valence-corrected chi connectivity index (χ2v) is 8.24.